The zero-order chi connectivity index (χ0) is 10.6. The number of hydrogen-bond acceptors (Lipinski definition) is 2. The molecule has 1 unspecified atom stereocenters. The molecular weight excluding hydrogens is 172 g/mol. The molecule has 1 aliphatic rings. The number of nitrogens with zero attached hydrogens (tertiary/aromatic N) is 1. The minimum absolute atomic E-state index is 0.370. The standard InChI is InChI=1S/C12H24N2/c1-5-6-8-14-9-7-13-10-11(14)12(2,3)4/h5-6,11,13H,7-10H2,1-4H3/b6-5+. The predicted molar refractivity (Wildman–Crippen MR) is 62.5 cm³/mol. The van der Waals surface area contributed by atoms with E-state index in [1.54, 1.807) is 0 Å². The Bertz CT molecular complexity index is 191. The van der Waals surface area contributed by atoms with Crippen molar-refractivity contribution in [1.82, 2.24) is 10.2 Å². The molecule has 82 valence electrons. The van der Waals surface area contributed by atoms with Gasteiger partial charge < -0.3 is 5.32 Å². The quantitative estimate of drug-likeness (QED) is 0.678. The number of allylic oxidation sites excluding steroid dienone is 1. The second-order valence-corrected chi connectivity index (χ2v) is 5.15. The molecule has 1 fully saturated rings. The molecule has 0 saturated carbocycles. The topological polar surface area (TPSA) is 15.3 Å². The zero-order valence-corrected chi connectivity index (χ0v) is 10.0. The first-order chi connectivity index (χ1) is 6.55. The van der Waals surface area contributed by atoms with Crippen molar-refractivity contribution in [2.45, 2.75) is 33.7 Å². The molecule has 0 aromatic heterocycles. The summed E-state index contributed by atoms with van der Waals surface area (Å²) in [6.45, 7) is 13.6. The van der Waals surface area contributed by atoms with E-state index in [0.29, 0.717) is 11.5 Å². The summed E-state index contributed by atoms with van der Waals surface area (Å²) in [6.07, 6.45) is 4.39. The Hall–Kier alpha value is -0.340. The highest BCUT2D eigenvalue weighted by Gasteiger charge is 2.31. The molecule has 0 aromatic carbocycles. The van der Waals surface area contributed by atoms with Gasteiger partial charge in [0.05, 0.1) is 0 Å². The minimum atomic E-state index is 0.370. The van der Waals surface area contributed by atoms with Crippen LogP contribution in [0.1, 0.15) is 27.7 Å². The van der Waals surface area contributed by atoms with Gasteiger partial charge in [-0.15, -0.1) is 0 Å². The van der Waals surface area contributed by atoms with E-state index in [4.69, 9.17) is 0 Å². The fourth-order valence-electron chi connectivity index (χ4n) is 2.06. The monoisotopic (exact) mass is 196 g/mol. The summed E-state index contributed by atoms with van der Waals surface area (Å²) in [5.41, 5.74) is 0.370. The van der Waals surface area contributed by atoms with Gasteiger partial charge in [-0.2, -0.15) is 0 Å². The van der Waals surface area contributed by atoms with Crippen molar-refractivity contribution >= 4 is 0 Å². The van der Waals surface area contributed by atoms with Crippen LogP contribution in [0.4, 0.5) is 0 Å². The number of piperazine rings is 1. The lowest BCUT2D eigenvalue weighted by Crippen LogP contribution is -2.56. The van der Waals surface area contributed by atoms with Crippen LogP contribution < -0.4 is 5.32 Å². The van der Waals surface area contributed by atoms with E-state index in [2.05, 4.69) is 50.1 Å². The van der Waals surface area contributed by atoms with E-state index in [1.165, 1.54) is 6.54 Å². The van der Waals surface area contributed by atoms with Crippen LogP contribution in [0.5, 0.6) is 0 Å². The van der Waals surface area contributed by atoms with Crippen LogP contribution in [-0.4, -0.2) is 37.1 Å². The molecule has 1 N–H and O–H groups in total. The summed E-state index contributed by atoms with van der Waals surface area (Å²) in [4.78, 5) is 2.58. The van der Waals surface area contributed by atoms with Gasteiger partial charge in [0.25, 0.3) is 0 Å². The van der Waals surface area contributed by atoms with Crippen LogP contribution in [0.3, 0.4) is 0 Å². The molecule has 0 radical (unpaired) electrons. The van der Waals surface area contributed by atoms with Crippen molar-refractivity contribution in [2.24, 2.45) is 5.41 Å². The molecule has 0 amide bonds. The normalized spacial score (nSPS) is 25.9. The predicted octanol–water partition coefficient (Wildman–Crippen LogP) is 1.88. The van der Waals surface area contributed by atoms with Gasteiger partial charge in [-0.05, 0) is 12.3 Å². The van der Waals surface area contributed by atoms with Gasteiger partial charge in [-0.3, -0.25) is 4.90 Å². The highest BCUT2D eigenvalue weighted by Crippen LogP contribution is 2.25. The summed E-state index contributed by atoms with van der Waals surface area (Å²) in [7, 11) is 0. The maximum atomic E-state index is 3.48. The van der Waals surface area contributed by atoms with Gasteiger partial charge in [0.1, 0.15) is 0 Å². The first-order valence-electron chi connectivity index (χ1n) is 5.61. The second-order valence-electron chi connectivity index (χ2n) is 5.15. The van der Waals surface area contributed by atoms with Crippen LogP contribution >= 0.6 is 0 Å². The van der Waals surface area contributed by atoms with Gasteiger partial charge in [0, 0.05) is 32.2 Å². The van der Waals surface area contributed by atoms with Crippen LogP contribution in [0.2, 0.25) is 0 Å². The maximum Gasteiger partial charge on any atom is 0.0272 e. The summed E-state index contributed by atoms with van der Waals surface area (Å²) < 4.78 is 0. The Kier molecular flexibility index (Phi) is 4.14. The molecule has 1 saturated heterocycles. The van der Waals surface area contributed by atoms with E-state index in [1.807, 2.05) is 0 Å². The van der Waals surface area contributed by atoms with Crippen molar-refractivity contribution < 1.29 is 0 Å². The molecule has 1 aliphatic heterocycles. The molecule has 0 spiro atoms. The van der Waals surface area contributed by atoms with E-state index in [0.717, 1.165) is 19.6 Å². The molecule has 0 aliphatic carbocycles. The van der Waals surface area contributed by atoms with Crippen LogP contribution in [-0.2, 0) is 0 Å². The third kappa shape index (κ3) is 3.10. The molecule has 1 rings (SSSR count). The SMILES string of the molecule is C/C=C/CN1CCNCC1C(C)(C)C. The van der Waals surface area contributed by atoms with Gasteiger partial charge in [-0.1, -0.05) is 32.9 Å². The summed E-state index contributed by atoms with van der Waals surface area (Å²) in [5, 5.41) is 3.48. The third-order valence-electron chi connectivity index (χ3n) is 2.93. The zero-order valence-electron chi connectivity index (χ0n) is 10.0. The lowest BCUT2D eigenvalue weighted by Gasteiger charge is -2.43. The van der Waals surface area contributed by atoms with E-state index >= 15 is 0 Å². The summed E-state index contributed by atoms with van der Waals surface area (Å²) >= 11 is 0. The van der Waals surface area contributed by atoms with Crippen LogP contribution in [0.25, 0.3) is 0 Å². The second kappa shape index (κ2) is 4.94. The van der Waals surface area contributed by atoms with E-state index in [9.17, 15) is 0 Å². The average Bonchev–Trinajstić information content (AvgIpc) is 2.14. The molecule has 2 nitrogen and oxygen atoms in total. The van der Waals surface area contributed by atoms with E-state index in [-0.39, 0.29) is 0 Å². The number of hydrogen-bond donors (Lipinski definition) is 1. The molecule has 1 atom stereocenters. The Labute approximate surface area is 88.4 Å². The molecule has 0 bridgehead atoms. The maximum absolute atomic E-state index is 3.48. The Morgan fingerprint density at radius 3 is 2.71 bits per heavy atom. The third-order valence-corrected chi connectivity index (χ3v) is 2.93. The van der Waals surface area contributed by atoms with Crippen molar-refractivity contribution in [1.29, 1.82) is 0 Å². The van der Waals surface area contributed by atoms with E-state index < -0.39 is 0 Å². The fraction of sp³-hybridized carbons (Fsp3) is 0.833. The first kappa shape index (κ1) is 11.7. The Balaban J connectivity index is 2.59. The lowest BCUT2D eigenvalue weighted by molar-refractivity contribution is 0.0865. The molecular formula is C12H24N2. The highest BCUT2D eigenvalue weighted by molar-refractivity contribution is 4.92. The average molecular weight is 196 g/mol. The molecule has 0 aromatic rings. The van der Waals surface area contributed by atoms with Gasteiger partial charge in [0.2, 0.25) is 0 Å². The first-order valence-corrected chi connectivity index (χ1v) is 5.61. The molecule has 14 heavy (non-hydrogen) atoms. The molecule has 1 heterocycles. The smallest absolute Gasteiger partial charge is 0.0272 e. The van der Waals surface area contributed by atoms with Gasteiger partial charge >= 0.3 is 0 Å². The molecule has 2 heteroatoms. The van der Waals surface area contributed by atoms with Crippen LogP contribution in [0, 0.1) is 5.41 Å². The summed E-state index contributed by atoms with van der Waals surface area (Å²) in [6, 6.07) is 0.660. The van der Waals surface area contributed by atoms with Crippen molar-refractivity contribution in [3.63, 3.8) is 0 Å². The van der Waals surface area contributed by atoms with Crippen molar-refractivity contribution in [2.75, 3.05) is 26.2 Å². The Morgan fingerprint density at radius 2 is 2.14 bits per heavy atom. The number of rotatable bonds is 2. The number of nitrogens with one attached hydrogen (secondary N) is 1. The minimum Gasteiger partial charge on any atom is -0.314 e. The van der Waals surface area contributed by atoms with Crippen molar-refractivity contribution in [3.8, 4) is 0 Å². The summed E-state index contributed by atoms with van der Waals surface area (Å²) in [5.74, 6) is 0. The lowest BCUT2D eigenvalue weighted by atomic mass is 9.84. The van der Waals surface area contributed by atoms with Crippen molar-refractivity contribution in [3.05, 3.63) is 12.2 Å². The Morgan fingerprint density at radius 1 is 1.43 bits per heavy atom. The fourth-order valence-corrected chi connectivity index (χ4v) is 2.06. The van der Waals surface area contributed by atoms with Crippen LogP contribution in [0.15, 0.2) is 12.2 Å². The van der Waals surface area contributed by atoms with Gasteiger partial charge in [0.15, 0.2) is 0 Å². The largest absolute Gasteiger partial charge is 0.314 e. The highest BCUT2D eigenvalue weighted by atomic mass is 15.2. The van der Waals surface area contributed by atoms with Gasteiger partial charge in [-0.25, -0.2) is 0 Å².